The van der Waals surface area contributed by atoms with E-state index in [0.717, 1.165) is 11.3 Å². The van der Waals surface area contributed by atoms with Crippen LogP contribution >= 0.6 is 11.3 Å². The number of thiophene rings is 1. The van der Waals surface area contributed by atoms with Gasteiger partial charge >= 0.3 is 0 Å². The summed E-state index contributed by atoms with van der Waals surface area (Å²) in [6.07, 6.45) is 0. The van der Waals surface area contributed by atoms with Gasteiger partial charge in [-0.1, -0.05) is 12.1 Å². The molecule has 0 bridgehead atoms. The van der Waals surface area contributed by atoms with Crippen molar-refractivity contribution in [3.63, 3.8) is 0 Å². The lowest BCUT2D eigenvalue weighted by Crippen LogP contribution is -2.18. The highest BCUT2D eigenvalue weighted by molar-refractivity contribution is 7.94. The Labute approximate surface area is 166 Å². The van der Waals surface area contributed by atoms with Crippen molar-refractivity contribution in [3.05, 3.63) is 77.2 Å². The molecule has 3 N–H and O–H groups in total. The van der Waals surface area contributed by atoms with Gasteiger partial charge in [0.05, 0.1) is 0 Å². The highest BCUT2D eigenvalue weighted by Gasteiger charge is 2.16. The van der Waals surface area contributed by atoms with Crippen LogP contribution in [0.15, 0.2) is 70.3 Å². The average molecular weight is 415 g/mol. The van der Waals surface area contributed by atoms with E-state index in [1.54, 1.807) is 53.9 Å². The van der Waals surface area contributed by atoms with Crippen molar-refractivity contribution in [2.75, 3.05) is 17.1 Å². The molecule has 0 saturated carbocycles. The molecule has 0 unspecified atom stereocenters. The third-order valence-electron chi connectivity index (χ3n) is 3.77. The van der Waals surface area contributed by atoms with Gasteiger partial charge in [0.2, 0.25) is 0 Å². The molecule has 3 aromatic rings. The van der Waals surface area contributed by atoms with Crippen molar-refractivity contribution in [2.24, 2.45) is 0 Å². The maximum atomic E-state index is 12.5. The first-order valence-corrected chi connectivity index (χ1v) is 10.6. The highest BCUT2D eigenvalue weighted by Crippen LogP contribution is 2.21. The standard InChI is InChI=1S/C19H17N3O4S2/c1-20-18(23)13-7-9-15(10-8-13)21-19(24)14-4-2-5-16(12-14)22-28(25,26)17-6-3-11-27-17/h2-12,22H,1H3,(H,20,23)(H,21,24). The number of benzene rings is 2. The summed E-state index contributed by atoms with van der Waals surface area (Å²) in [6.45, 7) is 0. The highest BCUT2D eigenvalue weighted by atomic mass is 32.2. The third-order valence-corrected chi connectivity index (χ3v) is 6.55. The molecular formula is C19H17N3O4S2. The smallest absolute Gasteiger partial charge is 0.271 e. The van der Waals surface area contributed by atoms with Crippen molar-refractivity contribution in [3.8, 4) is 0 Å². The molecule has 0 radical (unpaired) electrons. The summed E-state index contributed by atoms with van der Waals surface area (Å²) in [5.74, 6) is -0.617. The van der Waals surface area contributed by atoms with E-state index >= 15 is 0 Å². The molecule has 1 aromatic heterocycles. The van der Waals surface area contributed by atoms with E-state index in [9.17, 15) is 18.0 Å². The lowest BCUT2D eigenvalue weighted by atomic mass is 10.1. The quantitative estimate of drug-likeness (QED) is 0.575. The lowest BCUT2D eigenvalue weighted by Gasteiger charge is -2.09. The van der Waals surface area contributed by atoms with Crippen LogP contribution in [0.2, 0.25) is 0 Å². The van der Waals surface area contributed by atoms with Gasteiger partial charge in [-0.05, 0) is 53.9 Å². The van der Waals surface area contributed by atoms with Crippen LogP contribution in [0.25, 0.3) is 0 Å². The van der Waals surface area contributed by atoms with Crippen LogP contribution in [0.5, 0.6) is 0 Å². The van der Waals surface area contributed by atoms with Gasteiger partial charge in [-0.25, -0.2) is 8.42 Å². The Morgan fingerprint density at radius 2 is 1.61 bits per heavy atom. The average Bonchev–Trinajstić information content (AvgIpc) is 3.24. The van der Waals surface area contributed by atoms with E-state index in [4.69, 9.17) is 0 Å². The van der Waals surface area contributed by atoms with Gasteiger partial charge in [0, 0.05) is 29.5 Å². The van der Waals surface area contributed by atoms with Gasteiger partial charge in [-0.2, -0.15) is 0 Å². The molecule has 28 heavy (non-hydrogen) atoms. The Balaban J connectivity index is 1.73. The molecule has 0 fully saturated rings. The minimum atomic E-state index is -3.69. The normalized spacial score (nSPS) is 10.9. The fourth-order valence-electron chi connectivity index (χ4n) is 2.40. The van der Waals surface area contributed by atoms with Crippen LogP contribution in [0, 0.1) is 0 Å². The summed E-state index contributed by atoms with van der Waals surface area (Å²) in [5, 5.41) is 6.91. The van der Waals surface area contributed by atoms with Crippen LogP contribution in [-0.2, 0) is 10.0 Å². The number of rotatable bonds is 6. The molecule has 0 atom stereocenters. The molecule has 0 spiro atoms. The Kier molecular flexibility index (Phi) is 5.76. The zero-order chi connectivity index (χ0) is 20.1. The number of carbonyl (C=O) groups excluding carboxylic acids is 2. The fourth-order valence-corrected chi connectivity index (χ4v) is 4.44. The Morgan fingerprint density at radius 3 is 2.25 bits per heavy atom. The fraction of sp³-hybridized carbons (Fsp3) is 0.0526. The van der Waals surface area contributed by atoms with E-state index in [1.807, 2.05) is 0 Å². The largest absolute Gasteiger partial charge is 0.355 e. The molecule has 0 aliphatic heterocycles. The molecule has 7 nitrogen and oxygen atoms in total. The number of hydrogen-bond donors (Lipinski definition) is 3. The van der Waals surface area contributed by atoms with E-state index in [2.05, 4.69) is 15.4 Å². The minimum Gasteiger partial charge on any atom is -0.355 e. The van der Waals surface area contributed by atoms with Crippen LogP contribution in [0.4, 0.5) is 11.4 Å². The van der Waals surface area contributed by atoms with E-state index in [1.165, 1.54) is 19.2 Å². The summed E-state index contributed by atoms with van der Waals surface area (Å²) in [5.41, 5.74) is 1.57. The minimum absolute atomic E-state index is 0.193. The number of anilines is 2. The summed E-state index contributed by atoms with van der Waals surface area (Å²) in [7, 11) is -2.15. The van der Waals surface area contributed by atoms with Gasteiger partial charge in [-0.3, -0.25) is 14.3 Å². The van der Waals surface area contributed by atoms with Crippen LogP contribution in [-0.4, -0.2) is 27.3 Å². The summed E-state index contributed by atoms with van der Waals surface area (Å²) in [4.78, 5) is 24.0. The van der Waals surface area contributed by atoms with Crippen molar-refractivity contribution in [1.29, 1.82) is 0 Å². The molecule has 0 saturated heterocycles. The number of sulfonamides is 1. The monoisotopic (exact) mass is 415 g/mol. The van der Waals surface area contributed by atoms with Crippen LogP contribution in [0.3, 0.4) is 0 Å². The molecule has 144 valence electrons. The van der Waals surface area contributed by atoms with Crippen LogP contribution in [0.1, 0.15) is 20.7 Å². The second-order valence-corrected chi connectivity index (χ2v) is 8.59. The molecule has 3 rings (SSSR count). The first-order chi connectivity index (χ1) is 13.4. The predicted molar refractivity (Wildman–Crippen MR) is 109 cm³/mol. The topological polar surface area (TPSA) is 104 Å². The molecule has 0 aliphatic rings. The van der Waals surface area contributed by atoms with E-state index in [-0.39, 0.29) is 15.8 Å². The third kappa shape index (κ3) is 4.56. The van der Waals surface area contributed by atoms with Gasteiger partial charge in [0.15, 0.2) is 0 Å². The Morgan fingerprint density at radius 1 is 0.857 bits per heavy atom. The van der Waals surface area contributed by atoms with Crippen molar-refractivity contribution < 1.29 is 18.0 Å². The summed E-state index contributed by atoms with van der Waals surface area (Å²) >= 11 is 1.11. The van der Waals surface area contributed by atoms with Gasteiger partial charge in [-0.15, -0.1) is 11.3 Å². The number of hydrogen-bond acceptors (Lipinski definition) is 5. The summed E-state index contributed by atoms with van der Waals surface area (Å²) in [6, 6.07) is 15.8. The molecule has 0 aliphatic carbocycles. The number of nitrogens with one attached hydrogen (secondary N) is 3. The van der Waals surface area contributed by atoms with Crippen molar-refractivity contribution in [2.45, 2.75) is 4.21 Å². The summed E-state index contributed by atoms with van der Waals surface area (Å²) < 4.78 is 27.3. The van der Waals surface area contributed by atoms with E-state index in [0.29, 0.717) is 16.8 Å². The Hall–Kier alpha value is -3.17. The zero-order valence-electron chi connectivity index (χ0n) is 14.8. The first-order valence-electron chi connectivity index (χ1n) is 8.19. The molecular weight excluding hydrogens is 398 g/mol. The molecule has 2 amide bonds. The second kappa shape index (κ2) is 8.24. The van der Waals surface area contributed by atoms with Crippen molar-refractivity contribution >= 4 is 44.5 Å². The molecule has 2 aromatic carbocycles. The SMILES string of the molecule is CNC(=O)c1ccc(NC(=O)c2cccc(NS(=O)(=O)c3cccs3)c2)cc1. The number of carbonyl (C=O) groups is 2. The molecule has 1 heterocycles. The number of amides is 2. The maximum Gasteiger partial charge on any atom is 0.271 e. The van der Waals surface area contributed by atoms with Gasteiger partial charge < -0.3 is 10.6 Å². The Bertz CT molecular complexity index is 1090. The van der Waals surface area contributed by atoms with E-state index < -0.39 is 15.9 Å². The zero-order valence-corrected chi connectivity index (χ0v) is 16.4. The van der Waals surface area contributed by atoms with Crippen molar-refractivity contribution in [1.82, 2.24) is 5.32 Å². The molecule has 9 heteroatoms. The van der Waals surface area contributed by atoms with Gasteiger partial charge in [0.1, 0.15) is 4.21 Å². The maximum absolute atomic E-state index is 12.5. The lowest BCUT2D eigenvalue weighted by molar-refractivity contribution is 0.0962. The van der Waals surface area contributed by atoms with Gasteiger partial charge in [0.25, 0.3) is 21.8 Å². The predicted octanol–water partition coefficient (Wildman–Crippen LogP) is 3.16. The van der Waals surface area contributed by atoms with Crippen LogP contribution < -0.4 is 15.4 Å². The second-order valence-electron chi connectivity index (χ2n) is 5.73. The first kappa shape index (κ1) is 19.6.